The van der Waals surface area contributed by atoms with Gasteiger partial charge >= 0.3 is 0 Å². The maximum atomic E-state index is 6.43. The molecule has 18 heteroatoms. The van der Waals surface area contributed by atoms with Crippen molar-refractivity contribution in [1.82, 2.24) is 71.8 Å². The van der Waals surface area contributed by atoms with Gasteiger partial charge in [0.25, 0.3) is 0 Å². The topological polar surface area (TPSA) is 170 Å². The molecule has 33 aromatic rings. The van der Waals surface area contributed by atoms with E-state index in [-0.39, 0.29) is 0 Å². The molecule has 0 spiro atoms. The Morgan fingerprint density at radius 2 is 0.525 bits per heavy atom. The Morgan fingerprint density at radius 3 is 0.993 bits per heavy atom. The van der Waals surface area contributed by atoms with Crippen molar-refractivity contribution in [2.45, 2.75) is 0 Å². The van der Waals surface area contributed by atoms with Crippen LogP contribution < -0.4 is 0 Å². The number of hydrogen-bond donors (Lipinski definition) is 0. The Morgan fingerprint density at radius 1 is 0.191 bits per heavy atom. The first-order valence-corrected chi connectivity index (χ1v) is 47.9. The molecule has 654 valence electrons. The number of benzene rings is 18. The highest BCUT2D eigenvalue weighted by Gasteiger charge is 2.27. The average molecular weight is 1820 g/mol. The van der Waals surface area contributed by atoms with E-state index < -0.39 is 0 Å². The van der Waals surface area contributed by atoms with E-state index in [0.29, 0.717) is 0 Å². The van der Waals surface area contributed by atoms with E-state index in [1.807, 2.05) is 90.6 Å². The minimum absolute atomic E-state index is 0.794. The van der Waals surface area contributed by atoms with Gasteiger partial charge in [0.1, 0.15) is 39.8 Å². The summed E-state index contributed by atoms with van der Waals surface area (Å²) in [6, 6.07) is 140. The van der Waals surface area contributed by atoms with Crippen LogP contribution in [0.5, 0.6) is 0 Å². The van der Waals surface area contributed by atoms with Gasteiger partial charge in [-0.05, 0) is 230 Å². The summed E-state index contributed by atoms with van der Waals surface area (Å²) in [4.78, 5) is 46.0. The smallest absolute Gasteiger partial charge is 0.221 e. The highest BCUT2D eigenvalue weighted by atomic mass is 32.1. The number of pyridine rings is 6. The third-order valence-electron chi connectivity index (χ3n) is 28.7. The highest BCUT2D eigenvalue weighted by molar-refractivity contribution is 7.25. The Hall–Kier alpha value is -19.2. The summed E-state index contributed by atoms with van der Waals surface area (Å²) in [5.74, 6) is 4.87. The van der Waals surface area contributed by atoms with E-state index >= 15 is 0 Å². The van der Waals surface area contributed by atoms with E-state index in [2.05, 4.69) is 367 Å². The normalized spacial score (nSPS) is 12.3. The molecule has 0 bridgehead atoms. The van der Waals surface area contributed by atoms with Crippen molar-refractivity contribution < 1.29 is 8.83 Å². The predicted octanol–water partition coefficient (Wildman–Crippen LogP) is 31.2. The standard InChI is InChI=1S/2C41H23N5O.C41H23N5S/c1-2-10-27-26(9-1)29-14-8-22-42-38(29)39-30(27)19-21-37(44-39)46-34-20-18-24(23-35(34)45-33-16-5-4-15-32(33)43-41(45)46)25-12-7-13-31-28-11-3-6-17-36(28)47-40(25)31;2*1-2-9-27-26(8-1)29-11-7-21-42-39(29)40-30(27)17-20-38(44-40)46-34-18-15-25(23-35(34)45-33-13-5-4-12-32(33)43-41(45)46)24-16-19-37-31(22-24)28-10-3-6-14-36(28)47-37/h3*1-23H. The zero-order chi connectivity index (χ0) is 91.9. The molecule has 33 rings (SSSR count). The lowest BCUT2D eigenvalue weighted by atomic mass is 10.00. The highest BCUT2D eigenvalue weighted by Crippen LogP contribution is 2.46. The lowest BCUT2D eigenvalue weighted by Crippen LogP contribution is -1.99. The van der Waals surface area contributed by atoms with Crippen molar-refractivity contribution in [3.05, 3.63) is 419 Å². The second-order valence-electron chi connectivity index (χ2n) is 36.3. The first kappa shape index (κ1) is 77.2. The number of thiophene rings is 1. The molecule has 0 unspecified atom stereocenters. The number of aromatic nitrogens is 15. The zero-order valence-corrected chi connectivity index (χ0v) is 75.6. The van der Waals surface area contributed by atoms with Crippen LogP contribution in [0.1, 0.15) is 0 Å². The molecular weight excluding hydrogens is 1750 g/mol. The molecule has 15 aromatic heterocycles. The minimum atomic E-state index is 0.794. The first-order chi connectivity index (χ1) is 69.9. The van der Waals surface area contributed by atoms with Crippen molar-refractivity contribution in [2.24, 2.45) is 0 Å². The summed E-state index contributed by atoms with van der Waals surface area (Å²) >= 11 is 1.85. The molecule has 141 heavy (non-hydrogen) atoms. The molecule has 0 atom stereocenters. The molecule has 0 N–H and O–H groups in total. The fourth-order valence-electron chi connectivity index (χ4n) is 22.4. The Labute approximate surface area is 801 Å². The van der Waals surface area contributed by atoms with Crippen LogP contribution in [0, 0.1) is 0 Å². The molecule has 15 heterocycles. The summed E-state index contributed by atoms with van der Waals surface area (Å²) in [6.07, 6.45) is 5.55. The third-order valence-corrected chi connectivity index (χ3v) is 29.8. The van der Waals surface area contributed by atoms with Crippen molar-refractivity contribution in [3.63, 3.8) is 0 Å². The predicted molar refractivity (Wildman–Crippen MR) is 577 cm³/mol. The summed E-state index contributed by atoms with van der Waals surface area (Å²) in [5.41, 5.74) is 27.9. The van der Waals surface area contributed by atoms with E-state index in [9.17, 15) is 0 Å². The second kappa shape index (κ2) is 29.7. The molecular formula is C123H69N15O2S. The average Bonchev–Trinajstić information content (AvgIpc) is 1.57. The molecule has 0 aliphatic heterocycles. The first-order valence-electron chi connectivity index (χ1n) is 47.1. The van der Waals surface area contributed by atoms with Gasteiger partial charge < -0.3 is 8.83 Å². The van der Waals surface area contributed by atoms with Crippen LogP contribution in [-0.2, 0) is 0 Å². The number of para-hydroxylation sites is 9. The van der Waals surface area contributed by atoms with Crippen LogP contribution in [0.15, 0.2) is 428 Å². The van der Waals surface area contributed by atoms with Gasteiger partial charge in [0, 0.05) is 98.2 Å². The summed E-state index contributed by atoms with van der Waals surface area (Å²) in [7, 11) is 0. The Kier molecular flexibility index (Phi) is 16.2. The van der Waals surface area contributed by atoms with Crippen molar-refractivity contribution >= 4 is 257 Å². The van der Waals surface area contributed by atoms with Gasteiger partial charge in [0.2, 0.25) is 17.3 Å². The minimum Gasteiger partial charge on any atom is -0.456 e. The lowest BCUT2D eigenvalue weighted by molar-refractivity contribution is 0.669. The SMILES string of the molecule is c1ccc2c(c1)nc1n(-c3ccc4c5ccccc5c5cccnc5c4n3)c3ccc(-c4ccc5oc6ccccc6c5c4)cc3n21.c1ccc2c(c1)nc1n(-c3ccc4c5ccccc5c5cccnc5c4n3)c3ccc(-c4ccc5sc6ccccc6c5c4)cc3n21.c1ccc2c(c1)nc1n(-c3ccc4c5ccccc5c5cccnc5c4n3)c3ccc(-c4cccc5c4oc4ccccc45)cc3n21. The number of imidazole rings is 6. The van der Waals surface area contributed by atoms with E-state index in [1.54, 1.807) is 0 Å². The molecule has 0 aliphatic carbocycles. The number of rotatable bonds is 6. The third kappa shape index (κ3) is 11.4. The monoisotopic (exact) mass is 1820 g/mol. The van der Waals surface area contributed by atoms with Gasteiger partial charge in [0.15, 0.2) is 0 Å². The lowest BCUT2D eigenvalue weighted by Gasteiger charge is -2.11. The maximum Gasteiger partial charge on any atom is 0.221 e. The van der Waals surface area contributed by atoms with Gasteiger partial charge in [-0.2, -0.15) is 0 Å². The second-order valence-corrected chi connectivity index (χ2v) is 37.3. The molecule has 17 nitrogen and oxygen atoms in total. The Bertz CT molecular complexity index is 10700. The summed E-state index contributed by atoms with van der Waals surface area (Å²) in [6.45, 7) is 0. The van der Waals surface area contributed by atoms with Gasteiger partial charge in [-0.15, -0.1) is 11.3 Å². The number of fused-ring (bicyclic) bond motifs is 42. The van der Waals surface area contributed by atoms with Crippen molar-refractivity contribution in [3.8, 4) is 50.8 Å². The fourth-order valence-corrected chi connectivity index (χ4v) is 23.5. The molecule has 0 fully saturated rings. The van der Waals surface area contributed by atoms with Gasteiger partial charge in [-0.3, -0.25) is 41.9 Å². The van der Waals surface area contributed by atoms with Crippen LogP contribution in [0.3, 0.4) is 0 Å². The zero-order valence-electron chi connectivity index (χ0n) is 74.8. The van der Waals surface area contributed by atoms with Crippen LogP contribution in [-0.4, -0.2) is 71.8 Å². The molecule has 0 radical (unpaired) electrons. The van der Waals surface area contributed by atoms with Crippen molar-refractivity contribution in [2.75, 3.05) is 0 Å². The van der Waals surface area contributed by atoms with Crippen LogP contribution >= 0.6 is 11.3 Å². The van der Waals surface area contributed by atoms with Gasteiger partial charge in [0.05, 0.1) is 99.3 Å². The fraction of sp³-hybridized carbons (Fsp3) is 0. The van der Waals surface area contributed by atoms with Crippen molar-refractivity contribution in [1.29, 1.82) is 0 Å². The summed E-state index contributed by atoms with van der Waals surface area (Å²) in [5, 5.41) is 20.7. The van der Waals surface area contributed by atoms with E-state index in [0.717, 1.165) is 233 Å². The number of hydrogen-bond acceptors (Lipinski definition) is 12. The largest absolute Gasteiger partial charge is 0.456 e. The molecule has 0 saturated heterocycles. The number of furan rings is 2. The van der Waals surface area contributed by atoms with Crippen LogP contribution in [0.4, 0.5) is 0 Å². The maximum absolute atomic E-state index is 6.43. The molecule has 18 aromatic carbocycles. The number of nitrogens with zero attached hydrogens (tertiary/aromatic N) is 15. The molecule has 0 amide bonds. The molecule has 0 aliphatic rings. The van der Waals surface area contributed by atoms with Crippen LogP contribution in [0.2, 0.25) is 0 Å². The van der Waals surface area contributed by atoms with Gasteiger partial charge in [-0.1, -0.05) is 231 Å². The Balaban J connectivity index is 0.0000000972. The molecule has 0 saturated carbocycles. The van der Waals surface area contributed by atoms with E-state index in [1.165, 1.54) is 63.6 Å². The quantitative estimate of drug-likeness (QED) is 0.145. The van der Waals surface area contributed by atoms with E-state index in [4.69, 9.17) is 53.7 Å². The van der Waals surface area contributed by atoms with Crippen LogP contribution in [0.25, 0.3) is 296 Å². The van der Waals surface area contributed by atoms with Gasteiger partial charge in [-0.25, -0.2) is 29.9 Å². The summed E-state index contributed by atoms with van der Waals surface area (Å²) < 4.78 is 28.5.